The number of ether oxygens (including phenoxy) is 1. The number of benzene rings is 1. The second-order valence-electron chi connectivity index (χ2n) is 2.53. The zero-order chi connectivity index (χ0) is 11.4. The lowest BCUT2D eigenvalue weighted by atomic mass is 10.1. The molecule has 0 aliphatic rings. The highest BCUT2D eigenvalue weighted by atomic mass is 127. The van der Waals surface area contributed by atoms with Crippen molar-refractivity contribution in [3.05, 3.63) is 26.8 Å². The Kier molecular flexibility index (Phi) is 4.13. The van der Waals surface area contributed by atoms with Gasteiger partial charge >= 0.3 is 6.61 Å². The third kappa shape index (κ3) is 2.95. The Balaban J connectivity index is 3.20. The van der Waals surface area contributed by atoms with Crippen LogP contribution in [-0.2, 0) is 0 Å². The van der Waals surface area contributed by atoms with Crippen LogP contribution in [-0.4, -0.2) is 19.2 Å². The number of carbonyl (C=O) groups excluding carboxylic acids is 2. The van der Waals surface area contributed by atoms with E-state index >= 15 is 0 Å². The molecule has 0 radical (unpaired) electrons. The summed E-state index contributed by atoms with van der Waals surface area (Å²) >= 11 is 1.79. The molecule has 1 rings (SSSR count). The van der Waals surface area contributed by atoms with E-state index in [1.807, 2.05) is 0 Å². The van der Waals surface area contributed by atoms with E-state index in [-0.39, 0.29) is 16.9 Å². The summed E-state index contributed by atoms with van der Waals surface area (Å²) in [6.45, 7) is -2.98. The largest absolute Gasteiger partial charge is 0.435 e. The van der Waals surface area contributed by atoms with Gasteiger partial charge in [0.05, 0.1) is 0 Å². The Morgan fingerprint density at radius 1 is 1.20 bits per heavy atom. The summed E-state index contributed by atoms with van der Waals surface area (Å²) in [7, 11) is 0. The molecule has 3 nitrogen and oxygen atoms in total. The van der Waals surface area contributed by atoms with Crippen molar-refractivity contribution in [3.63, 3.8) is 0 Å². The van der Waals surface area contributed by atoms with E-state index in [1.165, 1.54) is 0 Å². The van der Waals surface area contributed by atoms with Gasteiger partial charge < -0.3 is 4.74 Å². The van der Waals surface area contributed by atoms with Crippen LogP contribution in [0.2, 0.25) is 0 Å². The van der Waals surface area contributed by atoms with Gasteiger partial charge in [0, 0.05) is 14.7 Å². The average molecular weight is 326 g/mol. The van der Waals surface area contributed by atoms with E-state index in [2.05, 4.69) is 4.74 Å². The van der Waals surface area contributed by atoms with Gasteiger partial charge in [-0.1, -0.05) is 0 Å². The highest BCUT2D eigenvalue weighted by Gasteiger charge is 2.11. The highest BCUT2D eigenvalue weighted by molar-refractivity contribution is 14.1. The number of rotatable bonds is 4. The minimum absolute atomic E-state index is 0.149. The number of halogens is 3. The van der Waals surface area contributed by atoms with E-state index in [0.29, 0.717) is 16.1 Å². The van der Waals surface area contributed by atoms with Gasteiger partial charge in [-0.05, 0) is 34.7 Å². The molecule has 15 heavy (non-hydrogen) atoms. The molecule has 0 heterocycles. The van der Waals surface area contributed by atoms with Gasteiger partial charge in [-0.15, -0.1) is 0 Å². The standard InChI is InChI=1S/C9H5F2IO3/c10-9(11)15-7-1-5(3-13)8(12)6(2-7)4-14/h1-4,9H. The second kappa shape index (κ2) is 5.15. The number of carbonyl (C=O) groups is 2. The van der Waals surface area contributed by atoms with Crippen LogP contribution < -0.4 is 4.74 Å². The maximum Gasteiger partial charge on any atom is 0.387 e. The fourth-order valence-corrected chi connectivity index (χ4v) is 1.55. The van der Waals surface area contributed by atoms with Crippen molar-refractivity contribution in [3.8, 4) is 5.75 Å². The molecular weight excluding hydrogens is 321 g/mol. The molecule has 0 amide bonds. The molecule has 1 aromatic rings. The molecule has 0 unspecified atom stereocenters. The molecule has 0 saturated heterocycles. The normalized spacial score (nSPS) is 10.1. The molecule has 0 aromatic heterocycles. The molecule has 1 aromatic carbocycles. The topological polar surface area (TPSA) is 43.4 Å². The van der Waals surface area contributed by atoms with E-state index in [0.717, 1.165) is 12.1 Å². The molecule has 0 N–H and O–H groups in total. The smallest absolute Gasteiger partial charge is 0.387 e. The van der Waals surface area contributed by atoms with Crippen molar-refractivity contribution in [1.29, 1.82) is 0 Å². The minimum Gasteiger partial charge on any atom is -0.435 e. The van der Waals surface area contributed by atoms with Gasteiger partial charge in [0.15, 0.2) is 12.6 Å². The first kappa shape index (κ1) is 12.0. The Hall–Kier alpha value is -1.05. The predicted octanol–water partition coefficient (Wildman–Crippen LogP) is 2.52. The second-order valence-corrected chi connectivity index (χ2v) is 3.61. The molecule has 0 spiro atoms. The monoisotopic (exact) mass is 326 g/mol. The lowest BCUT2D eigenvalue weighted by Gasteiger charge is -2.07. The van der Waals surface area contributed by atoms with Crippen LogP contribution in [0.4, 0.5) is 8.78 Å². The fraction of sp³-hybridized carbons (Fsp3) is 0.111. The summed E-state index contributed by atoms with van der Waals surface area (Å²) < 4.78 is 28.3. The summed E-state index contributed by atoms with van der Waals surface area (Å²) in [5, 5.41) is 0. The quantitative estimate of drug-likeness (QED) is 0.631. The van der Waals surface area contributed by atoms with Crippen LogP contribution >= 0.6 is 22.6 Å². The lowest BCUT2D eigenvalue weighted by molar-refractivity contribution is -0.0499. The summed E-state index contributed by atoms with van der Waals surface area (Å²) in [6, 6.07) is 2.32. The zero-order valence-corrected chi connectivity index (χ0v) is 9.40. The van der Waals surface area contributed by atoms with E-state index in [4.69, 9.17) is 0 Å². The molecule has 0 saturated carbocycles. The fourth-order valence-electron chi connectivity index (χ4n) is 0.984. The lowest BCUT2D eigenvalue weighted by Crippen LogP contribution is -2.04. The first-order valence-electron chi connectivity index (χ1n) is 3.77. The van der Waals surface area contributed by atoms with Gasteiger partial charge in [-0.3, -0.25) is 9.59 Å². The Bertz CT molecular complexity index is 364. The Morgan fingerprint density at radius 3 is 2.00 bits per heavy atom. The maximum absolute atomic E-state index is 11.9. The van der Waals surface area contributed by atoms with E-state index in [9.17, 15) is 18.4 Å². The summed E-state index contributed by atoms with van der Waals surface area (Å²) in [6.07, 6.45) is 0.959. The van der Waals surface area contributed by atoms with Crippen LogP contribution in [0.25, 0.3) is 0 Å². The van der Waals surface area contributed by atoms with E-state index in [1.54, 1.807) is 22.6 Å². The van der Waals surface area contributed by atoms with Gasteiger partial charge in [0.1, 0.15) is 5.75 Å². The molecule has 6 heteroatoms. The number of alkyl halides is 2. The van der Waals surface area contributed by atoms with E-state index < -0.39 is 6.61 Å². The van der Waals surface area contributed by atoms with Gasteiger partial charge in [-0.2, -0.15) is 8.78 Å². The summed E-state index contributed by atoms with van der Waals surface area (Å²) in [5.74, 6) is -0.199. The van der Waals surface area contributed by atoms with Crippen LogP contribution in [0.3, 0.4) is 0 Å². The van der Waals surface area contributed by atoms with Gasteiger partial charge in [0.25, 0.3) is 0 Å². The van der Waals surface area contributed by atoms with Crippen molar-refractivity contribution < 1.29 is 23.1 Å². The molecule has 0 aliphatic heterocycles. The summed E-state index contributed by atoms with van der Waals surface area (Å²) in [4.78, 5) is 21.1. The third-order valence-corrected chi connectivity index (χ3v) is 2.83. The maximum atomic E-state index is 11.9. The Labute approximate surface area is 97.6 Å². The van der Waals surface area contributed by atoms with Crippen molar-refractivity contribution in [2.45, 2.75) is 6.61 Å². The van der Waals surface area contributed by atoms with Crippen molar-refractivity contribution >= 4 is 35.2 Å². The molecular formula is C9H5F2IO3. The van der Waals surface area contributed by atoms with Gasteiger partial charge in [0.2, 0.25) is 0 Å². The van der Waals surface area contributed by atoms with Crippen LogP contribution in [0.1, 0.15) is 20.7 Å². The molecule has 0 bridgehead atoms. The minimum atomic E-state index is -2.98. The van der Waals surface area contributed by atoms with Gasteiger partial charge in [-0.25, -0.2) is 0 Å². The van der Waals surface area contributed by atoms with Crippen LogP contribution in [0.15, 0.2) is 12.1 Å². The van der Waals surface area contributed by atoms with Crippen molar-refractivity contribution in [2.75, 3.05) is 0 Å². The van der Waals surface area contributed by atoms with Crippen LogP contribution in [0, 0.1) is 3.57 Å². The van der Waals surface area contributed by atoms with Crippen molar-refractivity contribution in [1.82, 2.24) is 0 Å². The molecule has 0 aliphatic carbocycles. The number of hydrogen-bond donors (Lipinski definition) is 0. The summed E-state index contributed by atoms with van der Waals surface area (Å²) in [5.41, 5.74) is 0.298. The number of hydrogen-bond acceptors (Lipinski definition) is 3. The average Bonchev–Trinajstić information content (AvgIpc) is 2.19. The highest BCUT2D eigenvalue weighted by Crippen LogP contribution is 2.23. The van der Waals surface area contributed by atoms with Crippen molar-refractivity contribution in [2.24, 2.45) is 0 Å². The van der Waals surface area contributed by atoms with Crippen LogP contribution in [0.5, 0.6) is 5.75 Å². The first-order valence-corrected chi connectivity index (χ1v) is 4.85. The molecule has 0 fully saturated rings. The SMILES string of the molecule is O=Cc1cc(OC(F)F)cc(C=O)c1I. The third-order valence-electron chi connectivity index (χ3n) is 1.58. The molecule has 0 atom stereocenters. The zero-order valence-electron chi connectivity index (χ0n) is 7.25. The Morgan fingerprint density at radius 2 is 1.67 bits per heavy atom. The molecule has 80 valence electrons. The number of aldehydes is 2. The predicted molar refractivity (Wildman–Crippen MR) is 56.6 cm³/mol. The first-order chi connectivity index (χ1) is 7.08.